The van der Waals surface area contributed by atoms with Gasteiger partial charge in [0.05, 0.1) is 6.61 Å². The first-order valence-corrected chi connectivity index (χ1v) is 12.8. The molecule has 0 aromatic heterocycles. The Morgan fingerprint density at radius 1 is 0.968 bits per heavy atom. The number of hydrogen-bond donors (Lipinski definition) is 2. The van der Waals surface area contributed by atoms with E-state index in [2.05, 4.69) is 31.4 Å². The van der Waals surface area contributed by atoms with Gasteiger partial charge in [-0.3, -0.25) is 4.79 Å². The molecule has 0 aliphatic carbocycles. The quantitative estimate of drug-likeness (QED) is 0.190. The maximum Gasteiger partial charge on any atom is 0.226 e. The van der Waals surface area contributed by atoms with Crippen molar-refractivity contribution in [3.05, 3.63) is 24.3 Å². The summed E-state index contributed by atoms with van der Waals surface area (Å²) in [6, 6.07) is 7.67. The normalized spacial score (nSPS) is 10.8. The molecule has 0 bridgehead atoms. The molecule has 0 aliphatic rings. The van der Waals surface area contributed by atoms with E-state index in [1.807, 2.05) is 24.3 Å². The van der Waals surface area contributed by atoms with Crippen LogP contribution < -0.4 is 15.4 Å². The van der Waals surface area contributed by atoms with Crippen molar-refractivity contribution in [1.29, 1.82) is 0 Å². The Hall–Kier alpha value is -1.62. The summed E-state index contributed by atoms with van der Waals surface area (Å²) in [5.74, 6) is 1.41. The summed E-state index contributed by atoms with van der Waals surface area (Å²) in [5.41, 5.74) is 0.821. The summed E-state index contributed by atoms with van der Waals surface area (Å²) in [5, 5.41) is 6.20. The summed E-state index contributed by atoms with van der Waals surface area (Å²) >= 11 is 5.28. The number of carbonyl (C=O) groups is 1. The van der Waals surface area contributed by atoms with Gasteiger partial charge in [0.15, 0.2) is 5.11 Å². The summed E-state index contributed by atoms with van der Waals surface area (Å²) in [6.07, 6.45) is 15.6. The van der Waals surface area contributed by atoms with Crippen LogP contribution >= 0.6 is 12.2 Å². The molecule has 1 amide bonds. The van der Waals surface area contributed by atoms with Gasteiger partial charge in [-0.25, -0.2) is 0 Å². The Morgan fingerprint density at radius 2 is 1.58 bits per heavy atom. The van der Waals surface area contributed by atoms with Crippen LogP contribution in [0.3, 0.4) is 0 Å². The lowest BCUT2D eigenvalue weighted by molar-refractivity contribution is -0.119. The van der Waals surface area contributed by atoms with Crippen LogP contribution in [0.5, 0.6) is 5.75 Å². The minimum atomic E-state index is -0.0160. The van der Waals surface area contributed by atoms with E-state index in [4.69, 9.17) is 17.0 Å². The fourth-order valence-electron chi connectivity index (χ4n) is 3.38. The smallest absolute Gasteiger partial charge is 0.226 e. The zero-order valence-corrected chi connectivity index (χ0v) is 20.8. The molecule has 2 N–H and O–H groups in total. The number of anilines is 1. The van der Waals surface area contributed by atoms with Crippen LogP contribution in [0.1, 0.15) is 104 Å². The van der Waals surface area contributed by atoms with Gasteiger partial charge in [-0.2, -0.15) is 0 Å². The molecule has 0 saturated heterocycles. The molecule has 0 spiro atoms. The van der Waals surface area contributed by atoms with Crippen LogP contribution in [0.25, 0.3) is 0 Å². The SMILES string of the molecule is CCCCCCCCCCCCCC(=O)NC(=S)Nc1cccc(OCCC(C)C)c1. The monoisotopic (exact) mass is 448 g/mol. The molecule has 5 heteroatoms. The highest BCUT2D eigenvalue weighted by Gasteiger charge is 2.06. The second-order valence-electron chi connectivity index (χ2n) is 8.85. The third kappa shape index (κ3) is 15.8. The van der Waals surface area contributed by atoms with Gasteiger partial charge in [0.1, 0.15) is 5.75 Å². The summed E-state index contributed by atoms with van der Waals surface area (Å²) in [6.45, 7) is 7.31. The number of amides is 1. The van der Waals surface area contributed by atoms with Crippen molar-refractivity contribution in [2.75, 3.05) is 11.9 Å². The molecule has 0 radical (unpaired) electrons. The Labute approximate surface area is 195 Å². The van der Waals surface area contributed by atoms with Crippen LogP contribution in [0.4, 0.5) is 5.69 Å². The molecular formula is C26H44N2O2S. The number of thiocarbonyl (C=S) groups is 1. The number of carbonyl (C=O) groups excluding carboxylic acids is 1. The average Bonchev–Trinajstić information content (AvgIpc) is 2.72. The van der Waals surface area contributed by atoms with Gasteiger partial charge in [-0.1, -0.05) is 91.0 Å². The average molecular weight is 449 g/mol. The van der Waals surface area contributed by atoms with Crippen molar-refractivity contribution in [3.63, 3.8) is 0 Å². The predicted molar refractivity (Wildman–Crippen MR) is 137 cm³/mol. The fourth-order valence-corrected chi connectivity index (χ4v) is 3.61. The van der Waals surface area contributed by atoms with Crippen molar-refractivity contribution in [3.8, 4) is 5.75 Å². The number of benzene rings is 1. The molecule has 0 atom stereocenters. The van der Waals surface area contributed by atoms with E-state index in [1.54, 1.807) is 0 Å². The van der Waals surface area contributed by atoms with Gasteiger partial charge in [-0.05, 0) is 43.1 Å². The minimum absolute atomic E-state index is 0.0160. The number of nitrogens with one attached hydrogen (secondary N) is 2. The first-order valence-electron chi connectivity index (χ1n) is 12.3. The largest absolute Gasteiger partial charge is 0.494 e. The lowest BCUT2D eigenvalue weighted by Gasteiger charge is -2.12. The first kappa shape index (κ1) is 27.4. The summed E-state index contributed by atoms with van der Waals surface area (Å²) in [7, 11) is 0. The third-order valence-electron chi connectivity index (χ3n) is 5.32. The van der Waals surface area contributed by atoms with E-state index < -0.39 is 0 Å². The van der Waals surface area contributed by atoms with Crippen molar-refractivity contribution in [2.24, 2.45) is 5.92 Å². The molecule has 0 fully saturated rings. The standard InChI is InChI=1S/C26H44N2O2S/c1-4-5-6-7-8-9-10-11-12-13-14-18-25(29)28-26(31)27-23-16-15-17-24(21-23)30-20-19-22(2)3/h15-17,21-22H,4-14,18-20H2,1-3H3,(H2,27,28,29,31). The lowest BCUT2D eigenvalue weighted by Crippen LogP contribution is -2.33. The van der Waals surface area contributed by atoms with Gasteiger partial charge in [0.2, 0.25) is 5.91 Å². The maximum absolute atomic E-state index is 12.1. The maximum atomic E-state index is 12.1. The number of ether oxygens (including phenoxy) is 1. The Morgan fingerprint density at radius 3 is 2.19 bits per heavy atom. The molecule has 1 aromatic carbocycles. The van der Waals surface area contributed by atoms with Crippen LogP contribution in [0, 0.1) is 5.92 Å². The van der Waals surface area contributed by atoms with Crippen LogP contribution in [-0.2, 0) is 4.79 Å². The summed E-state index contributed by atoms with van der Waals surface area (Å²) < 4.78 is 5.77. The number of hydrogen-bond acceptors (Lipinski definition) is 3. The van der Waals surface area contributed by atoms with Gasteiger partial charge in [-0.15, -0.1) is 0 Å². The molecule has 4 nitrogen and oxygen atoms in total. The van der Waals surface area contributed by atoms with Crippen LogP contribution in [-0.4, -0.2) is 17.6 Å². The molecule has 176 valence electrons. The highest BCUT2D eigenvalue weighted by atomic mass is 32.1. The van der Waals surface area contributed by atoms with Crippen molar-refractivity contribution in [1.82, 2.24) is 5.32 Å². The minimum Gasteiger partial charge on any atom is -0.494 e. The van der Waals surface area contributed by atoms with E-state index in [0.717, 1.165) is 30.7 Å². The second-order valence-corrected chi connectivity index (χ2v) is 9.25. The van der Waals surface area contributed by atoms with E-state index in [-0.39, 0.29) is 5.91 Å². The summed E-state index contributed by atoms with van der Waals surface area (Å²) in [4.78, 5) is 12.1. The molecule has 1 rings (SSSR count). The molecule has 31 heavy (non-hydrogen) atoms. The zero-order chi connectivity index (χ0) is 22.7. The van der Waals surface area contributed by atoms with Gasteiger partial charge >= 0.3 is 0 Å². The van der Waals surface area contributed by atoms with E-state index >= 15 is 0 Å². The Kier molecular flexibility index (Phi) is 15.9. The van der Waals surface area contributed by atoms with E-state index in [1.165, 1.54) is 57.8 Å². The van der Waals surface area contributed by atoms with Crippen molar-refractivity contribution < 1.29 is 9.53 Å². The topological polar surface area (TPSA) is 50.4 Å². The zero-order valence-electron chi connectivity index (χ0n) is 20.0. The molecule has 1 aromatic rings. The third-order valence-corrected chi connectivity index (χ3v) is 5.52. The molecule has 0 saturated carbocycles. The molecule has 0 heterocycles. The van der Waals surface area contributed by atoms with Crippen LogP contribution in [0.15, 0.2) is 24.3 Å². The Bertz CT molecular complexity index is 619. The molecular weight excluding hydrogens is 404 g/mol. The predicted octanol–water partition coefficient (Wildman–Crippen LogP) is 7.63. The highest BCUT2D eigenvalue weighted by Crippen LogP contribution is 2.18. The number of rotatable bonds is 17. The molecule has 0 unspecified atom stereocenters. The van der Waals surface area contributed by atoms with E-state index in [9.17, 15) is 4.79 Å². The number of unbranched alkanes of at least 4 members (excludes halogenated alkanes) is 10. The second kappa shape index (κ2) is 18.0. The Balaban J connectivity index is 2.10. The van der Waals surface area contributed by atoms with Crippen molar-refractivity contribution in [2.45, 2.75) is 104 Å². The highest BCUT2D eigenvalue weighted by molar-refractivity contribution is 7.80. The first-order chi connectivity index (χ1) is 15.0. The molecule has 0 aliphatic heterocycles. The van der Waals surface area contributed by atoms with Gasteiger partial charge < -0.3 is 15.4 Å². The van der Waals surface area contributed by atoms with E-state index in [0.29, 0.717) is 24.1 Å². The lowest BCUT2D eigenvalue weighted by atomic mass is 10.1. The fraction of sp³-hybridized carbons (Fsp3) is 0.692. The van der Waals surface area contributed by atoms with Gasteiger partial charge in [0, 0.05) is 18.2 Å². The van der Waals surface area contributed by atoms with Crippen molar-refractivity contribution >= 4 is 28.9 Å². The van der Waals surface area contributed by atoms with Crippen LogP contribution in [0.2, 0.25) is 0 Å². The van der Waals surface area contributed by atoms with Gasteiger partial charge in [0.25, 0.3) is 0 Å².